The van der Waals surface area contributed by atoms with Crippen LogP contribution < -0.4 is 5.73 Å². The van der Waals surface area contributed by atoms with Gasteiger partial charge in [-0.3, -0.25) is 0 Å². The van der Waals surface area contributed by atoms with Crippen molar-refractivity contribution in [2.45, 2.75) is 19.4 Å². The van der Waals surface area contributed by atoms with Gasteiger partial charge in [0, 0.05) is 18.3 Å². The lowest BCUT2D eigenvalue weighted by Crippen LogP contribution is -2.25. The summed E-state index contributed by atoms with van der Waals surface area (Å²) >= 11 is 1.89. The normalized spacial score (nSPS) is 13.0. The Morgan fingerprint density at radius 1 is 1.35 bits per heavy atom. The molecular weight excluding hydrogens is 228 g/mol. The van der Waals surface area contributed by atoms with Crippen LogP contribution in [0.15, 0.2) is 24.3 Å². The van der Waals surface area contributed by atoms with Gasteiger partial charge in [0.15, 0.2) is 0 Å². The molecule has 1 atom stereocenters. The lowest BCUT2D eigenvalue weighted by Gasteiger charge is -2.19. The SMILES string of the molecule is CSCCN(C)CCC(N)c1cccc(C)c1. The third-order valence-corrected chi connectivity index (χ3v) is 3.56. The quantitative estimate of drug-likeness (QED) is 0.809. The van der Waals surface area contributed by atoms with Gasteiger partial charge in [-0.2, -0.15) is 11.8 Å². The Morgan fingerprint density at radius 2 is 2.12 bits per heavy atom. The van der Waals surface area contributed by atoms with Crippen LogP contribution in [0.4, 0.5) is 0 Å². The minimum atomic E-state index is 0.159. The van der Waals surface area contributed by atoms with Crippen LogP contribution in [0, 0.1) is 6.92 Å². The van der Waals surface area contributed by atoms with E-state index in [0.29, 0.717) is 0 Å². The largest absolute Gasteiger partial charge is 0.324 e. The molecule has 0 aliphatic rings. The first-order valence-electron chi connectivity index (χ1n) is 6.13. The fourth-order valence-electron chi connectivity index (χ4n) is 1.79. The van der Waals surface area contributed by atoms with Gasteiger partial charge in [-0.05, 0) is 38.8 Å². The third kappa shape index (κ3) is 5.57. The van der Waals surface area contributed by atoms with E-state index in [2.05, 4.69) is 49.4 Å². The minimum Gasteiger partial charge on any atom is -0.324 e. The molecule has 1 rings (SSSR count). The van der Waals surface area contributed by atoms with Crippen molar-refractivity contribution in [3.8, 4) is 0 Å². The molecule has 0 aliphatic heterocycles. The number of hydrogen-bond acceptors (Lipinski definition) is 3. The minimum absolute atomic E-state index is 0.159. The molecule has 96 valence electrons. The molecule has 17 heavy (non-hydrogen) atoms. The molecule has 0 spiro atoms. The first kappa shape index (κ1) is 14.6. The standard InChI is InChI=1S/C14H24N2S/c1-12-5-4-6-13(11-12)14(15)7-8-16(2)9-10-17-3/h4-6,11,14H,7-10,15H2,1-3H3. The molecule has 0 saturated carbocycles. The fourth-order valence-corrected chi connectivity index (χ4v) is 2.28. The van der Waals surface area contributed by atoms with E-state index in [1.54, 1.807) is 0 Å². The molecular formula is C14H24N2S. The van der Waals surface area contributed by atoms with E-state index in [0.717, 1.165) is 19.5 Å². The van der Waals surface area contributed by atoms with E-state index in [1.165, 1.54) is 16.9 Å². The van der Waals surface area contributed by atoms with E-state index >= 15 is 0 Å². The number of thioether (sulfide) groups is 1. The summed E-state index contributed by atoms with van der Waals surface area (Å²) < 4.78 is 0. The topological polar surface area (TPSA) is 29.3 Å². The summed E-state index contributed by atoms with van der Waals surface area (Å²) in [5.74, 6) is 1.19. The second-order valence-corrected chi connectivity index (χ2v) is 5.59. The molecule has 2 nitrogen and oxygen atoms in total. The van der Waals surface area contributed by atoms with Crippen LogP contribution in [0.1, 0.15) is 23.6 Å². The van der Waals surface area contributed by atoms with Crippen LogP contribution in [-0.2, 0) is 0 Å². The molecule has 0 aromatic heterocycles. The van der Waals surface area contributed by atoms with Crippen LogP contribution in [0.5, 0.6) is 0 Å². The average Bonchev–Trinajstić information content (AvgIpc) is 2.33. The first-order valence-corrected chi connectivity index (χ1v) is 7.52. The molecule has 1 aromatic rings. The molecule has 2 N–H and O–H groups in total. The Bertz CT molecular complexity index is 328. The molecule has 0 heterocycles. The van der Waals surface area contributed by atoms with Crippen LogP contribution in [0.3, 0.4) is 0 Å². The summed E-state index contributed by atoms with van der Waals surface area (Å²) in [5, 5.41) is 0. The van der Waals surface area contributed by atoms with Crippen LogP contribution in [0.2, 0.25) is 0 Å². The van der Waals surface area contributed by atoms with Gasteiger partial charge < -0.3 is 10.6 Å². The smallest absolute Gasteiger partial charge is 0.0307 e. The van der Waals surface area contributed by atoms with E-state index in [1.807, 2.05) is 11.8 Å². The maximum atomic E-state index is 6.21. The number of rotatable bonds is 7. The summed E-state index contributed by atoms with van der Waals surface area (Å²) in [6.07, 6.45) is 3.17. The van der Waals surface area contributed by atoms with Gasteiger partial charge in [0.2, 0.25) is 0 Å². The van der Waals surface area contributed by atoms with E-state index < -0.39 is 0 Å². The molecule has 0 amide bonds. The second-order valence-electron chi connectivity index (χ2n) is 4.61. The van der Waals surface area contributed by atoms with E-state index in [-0.39, 0.29) is 6.04 Å². The van der Waals surface area contributed by atoms with E-state index in [9.17, 15) is 0 Å². The number of hydrogen-bond donors (Lipinski definition) is 1. The van der Waals surface area contributed by atoms with Crippen molar-refractivity contribution in [2.24, 2.45) is 5.73 Å². The van der Waals surface area contributed by atoms with Gasteiger partial charge in [-0.15, -0.1) is 0 Å². The summed E-state index contributed by atoms with van der Waals surface area (Å²) in [6, 6.07) is 8.67. The van der Waals surface area contributed by atoms with Crippen molar-refractivity contribution < 1.29 is 0 Å². The van der Waals surface area contributed by atoms with Gasteiger partial charge in [0.1, 0.15) is 0 Å². The van der Waals surface area contributed by atoms with Crippen LogP contribution in [0.25, 0.3) is 0 Å². The third-order valence-electron chi connectivity index (χ3n) is 2.97. The molecule has 0 saturated heterocycles. The highest BCUT2D eigenvalue weighted by atomic mass is 32.2. The number of nitrogens with zero attached hydrogens (tertiary/aromatic N) is 1. The number of aryl methyl sites for hydroxylation is 1. The molecule has 0 fully saturated rings. The highest BCUT2D eigenvalue weighted by Crippen LogP contribution is 2.15. The zero-order valence-corrected chi connectivity index (χ0v) is 12.0. The molecule has 1 aromatic carbocycles. The summed E-state index contributed by atoms with van der Waals surface area (Å²) in [7, 11) is 2.17. The van der Waals surface area contributed by atoms with Gasteiger partial charge in [-0.1, -0.05) is 29.8 Å². The highest BCUT2D eigenvalue weighted by molar-refractivity contribution is 7.98. The van der Waals surface area contributed by atoms with Crippen molar-refractivity contribution in [1.82, 2.24) is 4.90 Å². The lowest BCUT2D eigenvalue weighted by atomic mass is 10.0. The second kappa shape index (κ2) is 7.75. The Morgan fingerprint density at radius 3 is 2.76 bits per heavy atom. The Labute approximate surface area is 110 Å². The van der Waals surface area contributed by atoms with Gasteiger partial charge in [-0.25, -0.2) is 0 Å². The highest BCUT2D eigenvalue weighted by Gasteiger charge is 2.07. The molecule has 0 bridgehead atoms. The first-order chi connectivity index (χ1) is 8.13. The van der Waals surface area contributed by atoms with Crippen molar-refractivity contribution in [3.63, 3.8) is 0 Å². The molecule has 1 unspecified atom stereocenters. The van der Waals surface area contributed by atoms with Gasteiger partial charge >= 0.3 is 0 Å². The number of benzene rings is 1. The number of nitrogens with two attached hydrogens (primary N) is 1. The maximum absolute atomic E-state index is 6.21. The van der Waals surface area contributed by atoms with Crippen LogP contribution in [-0.4, -0.2) is 37.0 Å². The fraction of sp³-hybridized carbons (Fsp3) is 0.571. The van der Waals surface area contributed by atoms with E-state index in [4.69, 9.17) is 5.73 Å². The Balaban J connectivity index is 2.36. The van der Waals surface area contributed by atoms with Crippen LogP contribution >= 0.6 is 11.8 Å². The molecule has 3 heteroatoms. The average molecular weight is 252 g/mol. The summed E-state index contributed by atoms with van der Waals surface area (Å²) in [4.78, 5) is 2.35. The van der Waals surface area contributed by atoms with Gasteiger partial charge in [0.25, 0.3) is 0 Å². The zero-order valence-electron chi connectivity index (χ0n) is 11.1. The van der Waals surface area contributed by atoms with Crippen molar-refractivity contribution in [2.75, 3.05) is 32.1 Å². The maximum Gasteiger partial charge on any atom is 0.0307 e. The van der Waals surface area contributed by atoms with Crippen molar-refractivity contribution in [1.29, 1.82) is 0 Å². The zero-order chi connectivity index (χ0) is 12.7. The molecule has 0 aliphatic carbocycles. The predicted molar refractivity (Wildman–Crippen MR) is 78.6 cm³/mol. The Hall–Kier alpha value is -0.510. The van der Waals surface area contributed by atoms with Crippen molar-refractivity contribution in [3.05, 3.63) is 35.4 Å². The predicted octanol–water partition coefficient (Wildman–Crippen LogP) is 2.68. The Kier molecular flexibility index (Phi) is 6.63. The lowest BCUT2D eigenvalue weighted by molar-refractivity contribution is 0.337. The summed E-state index contributed by atoms with van der Waals surface area (Å²) in [6.45, 7) is 4.32. The monoisotopic (exact) mass is 252 g/mol. The van der Waals surface area contributed by atoms with Crippen molar-refractivity contribution >= 4 is 11.8 Å². The molecule has 0 radical (unpaired) electrons. The summed E-state index contributed by atoms with van der Waals surface area (Å²) in [5.41, 5.74) is 8.75. The van der Waals surface area contributed by atoms with Gasteiger partial charge in [0.05, 0.1) is 0 Å².